The van der Waals surface area contributed by atoms with Gasteiger partial charge in [0.25, 0.3) is 0 Å². The molecule has 0 aromatic heterocycles. The van der Waals surface area contributed by atoms with Crippen LogP contribution in [0.3, 0.4) is 0 Å². The Bertz CT molecular complexity index is 485. The van der Waals surface area contributed by atoms with Crippen LogP contribution in [-0.2, 0) is 9.53 Å². The van der Waals surface area contributed by atoms with Gasteiger partial charge < -0.3 is 9.64 Å². The molecule has 4 heteroatoms. The monoisotopic (exact) mass is 293 g/mol. The highest BCUT2D eigenvalue weighted by Crippen LogP contribution is 2.30. The molecule has 1 atom stereocenters. The number of hydrogen-bond donors (Lipinski definition) is 0. The topological polar surface area (TPSA) is 29.5 Å². The number of carbonyl (C=O) groups is 1. The van der Waals surface area contributed by atoms with Crippen LogP contribution in [-0.4, -0.2) is 30.5 Å². The molecule has 1 aliphatic heterocycles. The van der Waals surface area contributed by atoms with Crippen LogP contribution in [0.2, 0.25) is 5.02 Å². The van der Waals surface area contributed by atoms with E-state index < -0.39 is 0 Å². The Morgan fingerprint density at radius 1 is 1.30 bits per heavy atom. The molecule has 0 N–H and O–H groups in total. The molecule has 1 aromatic rings. The molecule has 1 aliphatic carbocycles. The zero-order valence-electron chi connectivity index (χ0n) is 11.6. The highest BCUT2D eigenvalue weighted by Gasteiger charge is 2.31. The summed E-state index contributed by atoms with van der Waals surface area (Å²) in [7, 11) is 0. The van der Waals surface area contributed by atoms with Crippen LogP contribution in [0, 0.1) is 5.92 Å². The molecular formula is C16H20ClNO2. The first-order valence-corrected chi connectivity index (χ1v) is 7.77. The first-order chi connectivity index (χ1) is 9.74. The molecule has 1 unspecified atom stereocenters. The van der Waals surface area contributed by atoms with Crippen LogP contribution >= 0.6 is 11.6 Å². The van der Waals surface area contributed by atoms with Crippen molar-refractivity contribution in [3.8, 4) is 0 Å². The van der Waals surface area contributed by atoms with E-state index >= 15 is 0 Å². The average molecular weight is 294 g/mol. The lowest BCUT2D eigenvalue weighted by Gasteiger charge is -2.34. The lowest BCUT2D eigenvalue weighted by molar-refractivity contribution is -0.143. The smallest absolute Gasteiger partial charge is 0.225 e. The summed E-state index contributed by atoms with van der Waals surface area (Å²) in [6, 6.07) is 7.73. The van der Waals surface area contributed by atoms with Gasteiger partial charge in [0.2, 0.25) is 5.91 Å². The van der Waals surface area contributed by atoms with E-state index in [0.29, 0.717) is 30.6 Å². The second-order valence-electron chi connectivity index (χ2n) is 5.68. The molecule has 1 saturated heterocycles. The van der Waals surface area contributed by atoms with Crippen molar-refractivity contribution in [3.63, 3.8) is 0 Å². The summed E-state index contributed by atoms with van der Waals surface area (Å²) in [5.41, 5.74) is 1.06. The van der Waals surface area contributed by atoms with Crippen molar-refractivity contribution in [1.29, 1.82) is 0 Å². The maximum atomic E-state index is 12.5. The molecule has 1 amide bonds. The van der Waals surface area contributed by atoms with Gasteiger partial charge in [-0.25, -0.2) is 0 Å². The van der Waals surface area contributed by atoms with Gasteiger partial charge in [0.15, 0.2) is 0 Å². The third-order valence-electron chi connectivity index (χ3n) is 4.30. The molecule has 3 rings (SSSR count). The van der Waals surface area contributed by atoms with Crippen molar-refractivity contribution in [2.45, 2.75) is 31.8 Å². The molecule has 0 bridgehead atoms. The number of nitrogens with zero attached hydrogens (tertiary/aromatic N) is 1. The fraction of sp³-hybridized carbons (Fsp3) is 0.562. The molecule has 20 heavy (non-hydrogen) atoms. The Hall–Kier alpha value is -1.06. The van der Waals surface area contributed by atoms with E-state index in [0.717, 1.165) is 18.4 Å². The summed E-state index contributed by atoms with van der Waals surface area (Å²) in [5, 5.41) is 0.713. The fourth-order valence-corrected chi connectivity index (χ4v) is 3.39. The maximum Gasteiger partial charge on any atom is 0.225 e. The maximum absolute atomic E-state index is 12.5. The van der Waals surface area contributed by atoms with Crippen LogP contribution in [0.1, 0.15) is 37.4 Å². The number of hydrogen-bond acceptors (Lipinski definition) is 2. The molecule has 0 radical (unpaired) electrons. The number of ether oxygens (including phenoxy) is 1. The third-order valence-corrected chi connectivity index (χ3v) is 4.54. The van der Waals surface area contributed by atoms with Crippen LogP contribution in [0.5, 0.6) is 0 Å². The van der Waals surface area contributed by atoms with E-state index in [1.165, 1.54) is 12.8 Å². The highest BCUT2D eigenvalue weighted by atomic mass is 35.5. The fourth-order valence-electron chi connectivity index (χ4n) is 3.19. The highest BCUT2D eigenvalue weighted by molar-refractivity contribution is 6.30. The SMILES string of the molecule is O=C(C1CCCC1)N1CCOC(c2cccc(Cl)c2)C1. The summed E-state index contributed by atoms with van der Waals surface area (Å²) in [6.45, 7) is 1.97. The van der Waals surface area contributed by atoms with E-state index in [2.05, 4.69) is 0 Å². The Balaban J connectivity index is 1.68. The average Bonchev–Trinajstić information content (AvgIpc) is 3.01. The van der Waals surface area contributed by atoms with Gasteiger partial charge in [0, 0.05) is 17.5 Å². The van der Waals surface area contributed by atoms with Crippen LogP contribution < -0.4 is 0 Å². The number of rotatable bonds is 2. The minimum absolute atomic E-state index is 0.0483. The summed E-state index contributed by atoms with van der Waals surface area (Å²) in [6.07, 6.45) is 4.44. The Morgan fingerprint density at radius 2 is 2.10 bits per heavy atom. The number of amides is 1. The van der Waals surface area contributed by atoms with Gasteiger partial charge in [-0.2, -0.15) is 0 Å². The van der Waals surface area contributed by atoms with Crippen molar-refractivity contribution in [2.75, 3.05) is 19.7 Å². The van der Waals surface area contributed by atoms with Gasteiger partial charge in [-0.1, -0.05) is 36.6 Å². The zero-order chi connectivity index (χ0) is 13.9. The van der Waals surface area contributed by atoms with Gasteiger partial charge in [-0.15, -0.1) is 0 Å². The van der Waals surface area contributed by atoms with E-state index in [1.807, 2.05) is 29.2 Å². The van der Waals surface area contributed by atoms with Crippen molar-refractivity contribution in [1.82, 2.24) is 4.90 Å². The van der Waals surface area contributed by atoms with Gasteiger partial charge in [-0.3, -0.25) is 4.79 Å². The van der Waals surface area contributed by atoms with E-state index in [4.69, 9.17) is 16.3 Å². The van der Waals surface area contributed by atoms with Gasteiger partial charge in [0.05, 0.1) is 13.2 Å². The first-order valence-electron chi connectivity index (χ1n) is 7.40. The van der Waals surface area contributed by atoms with Gasteiger partial charge >= 0.3 is 0 Å². The number of carbonyl (C=O) groups excluding carboxylic acids is 1. The second-order valence-corrected chi connectivity index (χ2v) is 6.12. The lowest BCUT2D eigenvalue weighted by Crippen LogP contribution is -2.44. The summed E-state index contributed by atoms with van der Waals surface area (Å²) >= 11 is 6.03. The Morgan fingerprint density at radius 3 is 2.85 bits per heavy atom. The van der Waals surface area contributed by atoms with E-state index in [-0.39, 0.29) is 12.0 Å². The third kappa shape index (κ3) is 2.99. The first kappa shape index (κ1) is 13.9. The van der Waals surface area contributed by atoms with Crippen molar-refractivity contribution < 1.29 is 9.53 Å². The predicted octanol–water partition coefficient (Wildman–Crippen LogP) is 3.43. The summed E-state index contributed by atoms with van der Waals surface area (Å²) in [5.74, 6) is 0.561. The minimum Gasteiger partial charge on any atom is -0.370 e. The number of benzene rings is 1. The van der Waals surface area contributed by atoms with Gasteiger partial charge in [0.1, 0.15) is 6.10 Å². The van der Waals surface area contributed by atoms with Crippen molar-refractivity contribution in [2.24, 2.45) is 5.92 Å². The Kier molecular flexibility index (Phi) is 4.27. The second kappa shape index (κ2) is 6.15. The standard InChI is InChI=1S/C16H20ClNO2/c17-14-7-3-6-13(10-14)15-11-18(8-9-20-15)16(19)12-4-1-2-5-12/h3,6-7,10,12,15H,1-2,4-5,8-9,11H2. The van der Waals surface area contributed by atoms with Crippen LogP contribution in [0.15, 0.2) is 24.3 Å². The molecule has 2 fully saturated rings. The molecule has 0 spiro atoms. The molecule has 2 aliphatic rings. The number of halogens is 1. The molecule has 3 nitrogen and oxygen atoms in total. The Labute approximate surface area is 124 Å². The summed E-state index contributed by atoms with van der Waals surface area (Å²) in [4.78, 5) is 14.5. The molecular weight excluding hydrogens is 274 g/mol. The predicted molar refractivity (Wildman–Crippen MR) is 78.7 cm³/mol. The lowest BCUT2D eigenvalue weighted by atomic mass is 10.0. The van der Waals surface area contributed by atoms with E-state index in [1.54, 1.807) is 0 Å². The zero-order valence-corrected chi connectivity index (χ0v) is 12.3. The van der Waals surface area contributed by atoms with Crippen molar-refractivity contribution in [3.05, 3.63) is 34.9 Å². The molecule has 1 aromatic carbocycles. The number of morpholine rings is 1. The molecule has 1 saturated carbocycles. The van der Waals surface area contributed by atoms with Crippen LogP contribution in [0.4, 0.5) is 0 Å². The van der Waals surface area contributed by atoms with E-state index in [9.17, 15) is 4.79 Å². The van der Waals surface area contributed by atoms with Crippen LogP contribution in [0.25, 0.3) is 0 Å². The van der Waals surface area contributed by atoms with Crippen molar-refractivity contribution >= 4 is 17.5 Å². The molecule has 108 valence electrons. The largest absolute Gasteiger partial charge is 0.370 e. The normalized spacial score (nSPS) is 24.1. The minimum atomic E-state index is -0.0483. The van der Waals surface area contributed by atoms with Gasteiger partial charge in [-0.05, 0) is 30.5 Å². The summed E-state index contributed by atoms with van der Waals surface area (Å²) < 4.78 is 5.81. The quantitative estimate of drug-likeness (QED) is 0.836. The molecule has 1 heterocycles.